The number of benzene rings is 1. The van der Waals surface area contributed by atoms with E-state index >= 15 is 0 Å². The van der Waals surface area contributed by atoms with Crippen LogP contribution >= 0.6 is 0 Å². The zero-order valence-electron chi connectivity index (χ0n) is 8.97. The van der Waals surface area contributed by atoms with Crippen molar-refractivity contribution in [1.29, 1.82) is 0 Å². The number of nitrogens with zero attached hydrogens (tertiary/aromatic N) is 1. The molecule has 0 fully saturated rings. The Hall–Kier alpha value is -2.23. The minimum Gasteiger partial charge on any atom is -0.457 e. The number of carbonyl (C=O) groups is 1. The summed E-state index contributed by atoms with van der Waals surface area (Å²) >= 11 is 0. The molecular formula is C13H10FNO2. The largest absolute Gasteiger partial charge is 0.457 e. The number of hydrogen-bond donors (Lipinski definition) is 0. The maximum Gasteiger partial charge on any atom is 0.343 e. The van der Waals surface area contributed by atoms with Gasteiger partial charge in [-0.1, -0.05) is 30.3 Å². The van der Waals surface area contributed by atoms with Crippen LogP contribution in [0.4, 0.5) is 4.39 Å². The number of carbonyl (C=O) groups excluding carboxylic acids is 1. The molecule has 0 saturated heterocycles. The Bertz CT molecular complexity index is 514. The van der Waals surface area contributed by atoms with Gasteiger partial charge < -0.3 is 4.74 Å². The van der Waals surface area contributed by atoms with Gasteiger partial charge in [0.1, 0.15) is 12.2 Å². The van der Waals surface area contributed by atoms with Crippen LogP contribution in [0.2, 0.25) is 0 Å². The predicted molar refractivity (Wildman–Crippen MR) is 59.8 cm³/mol. The highest BCUT2D eigenvalue weighted by Crippen LogP contribution is 2.07. The highest BCUT2D eigenvalue weighted by Gasteiger charge is 2.13. The van der Waals surface area contributed by atoms with Crippen LogP contribution in [-0.4, -0.2) is 11.0 Å². The fraction of sp³-hybridized carbons (Fsp3) is 0.0769. The summed E-state index contributed by atoms with van der Waals surface area (Å²) < 4.78 is 18.1. The first-order valence-electron chi connectivity index (χ1n) is 5.09. The lowest BCUT2D eigenvalue weighted by Crippen LogP contribution is -2.08. The molecule has 0 aliphatic carbocycles. The third-order valence-corrected chi connectivity index (χ3v) is 2.19. The SMILES string of the molecule is O=C(OCc1ccccc1)c1cccnc1F. The number of rotatable bonds is 3. The summed E-state index contributed by atoms with van der Waals surface area (Å²) in [5.74, 6) is -1.52. The lowest BCUT2D eigenvalue weighted by atomic mass is 10.2. The number of hydrogen-bond acceptors (Lipinski definition) is 3. The van der Waals surface area contributed by atoms with Crippen LogP contribution in [0.25, 0.3) is 0 Å². The molecule has 0 bridgehead atoms. The summed E-state index contributed by atoms with van der Waals surface area (Å²) in [7, 11) is 0. The highest BCUT2D eigenvalue weighted by molar-refractivity contribution is 5.89. The Morgan fingerprint density at radius 1 is 1.18 bits per heavy atom. The highest BCUT2D eigenvalue weighted by atomic mass is 19.1. The molecule has 17 heavy (non-hydrogen) atoms. The number of ether oxygens (including phenoxy) is 1. The Balaban J connectivity index is 2.01. The van der Waals surface area contributed by atoms with Crippen molar-refractivity contribution in [3.63, 3.8) is 0 Å². The molecule has 0 radical (unpaired) electrons. The molecule has 0 atom stereocenters. The Kier molecular flexibility index (Phi) is 3.45. The van der Waals surface area contributed by atoms with Crippen LogP contribution in [-0.2, 0) is 11.3 Å². The number of pyridine rings is 1. The van der Waals surface area contributed by atoms with E-state index in [0.29, 0.717) is 0 Å². The fourth-order valence-electron chi connectivity index (χ4n) is 1.34. The number of halogens is 1. The van der Waals surface area contributed by atoms with Gasteiger partial charge in [-0.05, 0) is 17.7 Å². The summed E-state index contributed by atoms with van der Waals surface area (Å²) in [6.07, 6.45) is 1.28. The van der Waals surface area contributed by atoms with E-state index in [-0.39, 0.29) is 12.2 Å². The van der Waals surface area contributed by atoms with Gasteiger partial charge in [-0.15, -0.1) is 0 Å². The molecule has 0 spiro atoms. The first-order valence-corrected chi connectivity index (χ1v) is 5.09. The fourth-order valence-corrected chi connectivity index (χ4v) is 1.34. The minimum atomic E-state index is -0.814. The molecular weight excluding hydrogens is 221 g/mol. The average molecular weight is 231 g/mol. The predicted octanol–water partition coefficient (Wildman–Crippen LogP) is 2.58. The van der Waals surface area contributed by atoms with Gasteiger partial charge in [0.25, 0.3) is 0 Å². The number of aromatic nitrogens is 1. The standard InChI is InChI=1S/C13H10FNO2/c14-12-11(7-4-8-15-12)13(16)17-9-10-5-2-1-3-6-10/h1-8H,9H2. The maximum atomic E-state index is 13.2. The maximum absolute atomic E-state index is 13.2. The average Bonchev–Trinajstić information content (AvgIpc) is 2.38. The van der Waals surface area contributed by atoms with Gasteiger partial charge in [0.15, 0.2) is 0 Å². The van der Waals surface area contributed by atoms with Gasteiger partial charge in [-0.25, -0.2) is 9.78 Å². The first kappa shape index (κ1) is 11.3. The van der Waals surface area contributed by atoms with Crippen molar-refractivity contribution >= 4 is 5.97 Å². The van der Waals surface area contributed by atoms with Crippen molar-refractivity contribution in [1.82, 2.24) is 4.98 Å². The molecule has 0 unspecified atom stereocenters. The van der Waals surface area contributed by atoms with E-state index in [0.717, 1.165) is 5.56 Å². The lowest BCUT2D eigenvalue weighted by molar-refractivity contribution is 0.0466. The van der Waals surface area contributed by atoms with E-state index < -0.39 is 11.9 Å². The summed E-state index contributed by atoms with van der Waals surface area (Å²) in [6, 6.07) is 12.0. The summed E-state index contributed by atoms with van der Waals surface area (Å²) in [5.41, 5.74) is 0.702. The topological polar surface area (TPSA) is 39.2 Å². The molecule has 4 heteroatoms. The molecule has 0 saturated carbocycles. The van der Waals surface area contributed by atoms with Crippen molar-refractivity contribution in [2.24, 2.45) is 0 Å². The monoisotopic (exact) mass is 231 g/mol. The van der Waals surface area contributed by atoms with E-state index in [9.17, 15) is 9.18 Å². The molecule has 2 rings (SSSR count). The molecule has 1 aromatic carbocycles. The summed E-state index contributed by atoms with van der Waals surface area (Å²) in [6.45, 7) is 0.119. The van der Waals surface area contributed by atoms with E-state index in [1.54, 1.807) is 0 Å². The lowest BCUT2D eigenvalue weighted by Gasteiger charge is -2.04. The normalized spacial score (nSPS) is 9.94. The second-order valence-corrected chi connectivity index (χ2v) is 3.40. The van der Waals surface area contributed by atoms with Gasteiger partial charge in [-0.2, -0.15) is 4.39 Å². The van der Waals surface area contributed by atoms with Gasteiger partial charge >= 0.3 is 5.97 Å². The van der Waals surface area contributed by atoms with E-state index in [1.165, 1.54) is 18.3 Å². The molecule has 1 heterocycles. The third-order valence-electron chi connectivity index (χ3n) is 2.19. The van der Waals surface area contributed by atoms with Crippen LogP contribution in [0.5, 0.6) is 0 Å². The van der Waals surface area contributed by atoms with Crippen molar-refractivity contribution in [3.8, 4) is 0 Å². The van der Waals surface area contributed by atoms with Crippen LogP contribution in [0.3, 0.4) is 0 Å². The zero-order valence-corrected chi connectivity index (χ0v) is 8.97. The first-order chi connectivity index (χ1) is 8.27. The molecule has 0 N–H and O–H groups in total. The molecule has 0 aliphatic heterocycles. The molecule has 2 aromatic rings. The minimum absolute atomic E-state index is 0.119. The van der Waals surface area contributed by atoms with Crippen molar-refractivity contribution in [3.05, 3.63) is 65.7 Å². The van der Waals surface area contributed by atoms with E-state index in [4.69, 9.17) is 4.74 Å². The van der Waals surface area contributed by atoms with Crippen LogP contribution in [0, 0.1) is 5.95 Å². The second-order valence-electron chi connectivity index (χ2n) is 3.40. The van der Waals surface area contributed by atoms with Crippen LogP contribution in [0.15, 0.2) is 48.7 Å². The van der Waals surface area contributed by atoms with E-state index in [2.05, 4.69) is 4.98 Å². The van der Waals surface area contributed by atoms with Crippen molar-refractivity contribution in [2.75, 3.05) is 0 Å². The molecule has 1 aromatic heterocycles. The van der Waals surface area contributed by atoms with Crippen LogP contribution in [0.1, 0.15) is 15.9 Å². The Labute approximate surface area is 97.9 Å². The summed E-state index contributed by atoms with van der Waals surface area (Å²) in [5, 5.41) is 0. The number of esters is 1. The summed E-state index contributed by atoms with van der Waals surface area (Å²) in [4.78, 5) is 14.9. The molecule has 0 amide bonds. The van der Waals surface area contributed by atoms with E-state index in [1.807, 2.05) is 30.3 Å². The van der Waals surface area contributed by atoms with Gasteiger partial charge in [0.05, 0.1) is 0 Å². The van der Waals surface area contributed by atoms with Gasteiger partial charge in [0.2, 0.25) is 5.95 Å². The second kappa shape index (κ2) is 5.21. The van der Waals surface area contributed by atoms with Crippen molar-refractivity contribution < 1.29 is 13.9 Å². The quantitative estimate of drug-likeness (QED) is 0.602. The molecule has 0 aliphatic rings. The van der Waals surface area contributed by atoms with Gasteiger partial charge in [0, 0.05) is 6.20 Å². The Morgan fingerprint density at radius 2 is 1.94 bits per heavy atom. The van der Waals surface area contributed by atoms with Crippen LogP contribution < -0.4 is 0 Å². The third kappa shape index (κ3) is 2.87. The Morgan fingerprint density at radius 3 is 2.65 bits per heavy atom. The smallest absolute Gasteiger partial charge is 0.343 e. The van der Waals surface area contributed by atoms with Gasteiger partial charge in [-0.3, -0.25) is 0 Å². The van der Waals surface area contributed by atoms with Crippen molar-refractivity contribution in [2.45, 2.75) is 6.61 Å². The molecule has 3 nitrogen and oxygen atoms in total. The zero-order chi connectivity index (χ0) is 12.1. The molecule has 86 valence electrons.